The molecular weight excluding hydrogens is 438 g/mol. The number of para-hydroxylation sites is 1. The van der Waals surface area contributed by atoms with Crippen LogP contribution < -0.4 is 14.3 Å². The van der Waals surface area contributed by atoms with E-state index in [9.17, 15) is 9.59 Å². The summed E-state index contributed by atoms with van der Waals surface area (Å²) in [5.41, 5.74) is 1.90. The molecule has 162 valence electrons. The first-order valence-electron chi connectivity index (χ1n) is 10.2. The maximum Gasteiger partial charge on any atom is 0.308 e. The van der Waals surface area contributed by atoms with Gasteiger partial charge in [0.05, 0.1) is 10.2 Å². The molecule has 31 heavy (non-hydrogen) atoms. The SMILES string of the molecule is O=C(CCn1c(=O)sc2ccc(Cl)cc21)N1CCN(Cc2cccc3c2OCO3)CC1. The van der Waals surface area contributed by atoms with Crippen LogP contribution in [-0.2, 0) is 17.9 Å². The maximum atomic E-state index is 12.8. The van der Waals surface area contributed by atoms with Crippen LogP contribution in [0.2, 0.25) is 5.02 Å². The predicted molar refractivity (Wildman–Crippen MR) is 120 cm³/mol. The lowest BCUT2D eigenvalue weighted by atomic mass is 10.1. The van der Waals surface area contributed by atoms with E-state index in [2.05, 4.69) is 11.0 Å². The van der Waals surface area contributed by atoms with E-state index in [1.807, 2.05) is 23.1 Å². The Hall–Kier alpha value is -2.55. The van der Waals surface area contributed by atoms with Crippen molar-refractivity contribution < 1.29 is 14.3 Å². The molecule has 0 aliphatic carbocycles. The Morgan fingerprint density at radius 1 is 1.10 bits per heavy atom. The van der Waals surface area contributed by atoms with E-state index in [1.54, 1.807) is 16.7 Å². The third-order valence-electron chi connectivity index (χ3n) is 5.78. The van der Waals surface area contributed by atoms with Gasteiger partial charge >= 0.3 is 4.87 Å². The van der Waals surface area contributed by atoms with Crippen molar-refractivity contribution in [1.29, 1.82) is 0 Å². The fourth-order valence-corrected chi connectivity index (χ4v) is 5.19. The Balaban J connectivity index is 1.17. The van der Waals surface area contributed by atoms with Crippen molar-refractivity contribution >= 4 is 39.1 Å². The number of aromatic nitrogens is 1. The smallest absolute Gasteiger partial charge is 0.308 e. The van der Waals surface area contributed by atoms with Crippen LogP contribution in [0.25, 0.3) is 10.2 Å². The molecule has 1 saturated heterocycles. The van der Waals surface area contributed by atoms with Gasteiger partial charge in [0.2, 0.25) is 12.7 Å². The Labute approximate surface area is 188 Å². The molecule has 1 amide bonds. The monoisotopic (exact) mass is 459 g/mol. The zero-order valence-electron chi connectivity index (χ0n) is 16.9. The van der Waals surface area contributed by atoms with E-state index in [0.29, 0.717) is 31.1 Å². The number of thiazole rings is 1. The van der Waals surface area contributed by atoms with Crippen molar-refractivity contribution in [2.75, 3.05) is 33.0 Å². The van der Waals surface area contributed by atoms with Crippen LogP contribution in [0.5, 0.6) is 11.5 Å². The number of benzene rings is 2. The first kappa shape index (κ1) is 20.4. The highest BCUT2D eigenvalue weighted by Crippen LogP contribution is 2.36. The fraction of sp³-hybridized carbons (Fsp3) is 0.364. The summed E-state index contributed by atoms with van der Waals surface area (Å²) in [7, 11) is 0. The maximum absolute atomic E-state index is 12.8. The van der Waals surface area contributed by atoms with Gasteiger partial charge in [0.25, 0.3) is 0 Å². The van der Waals surface area contributed by atoms with E-state index in [0.717, 1.165) is 46.9 Å². The number of aryl methyl sites for hydroxylation is 1. The number of halogens is 1. The zero-order valence-corrected chi connectivity index (χ0v) is 18.5. The van der Waals surface area contributed by atoms with Crippen LogP contribution in [0, 0.1) is 0 Å². The van der Waals surface area contributed by atoms with Gasteiger partial charge in [-0.15, -0.1) is 0 Å². The quantitative estimate of drug-likeness (QED) is 0.586. The van der Waals surface area contributed by atoms with Gasteiger partial charge in [-0.25, -0.2) is 0 Å². The third-order valence-corrected chi connectivity index (χ3v) is 6.97. The number of fused-ring (bicyclic) bond motifs is 2. The highest BCUT2D eigenvalue weighted by molar-refractivity contribution is 7.16. The lowest BCUT2D eigenvalue weighted by Gasteiger charge is -2.35. The second kappa shape index (κ2) is 8.53. The van der Waals surface area contributed by atoms with E-state index in [-0.39, 0.29) is 17.6 Å². The minimum Gasteiger partial charge on any atom is -0.454 e. The Morgan fingerprint density at radius 3 is 2.77 bits per heavy atom. The van der Waals surface area contributed by atoms with Crippen molar-refractivity contribution in [1.82, 2.24) is 14.4 Å². The van der Waals surface area contributed by atoms with Crippen LogP contribution in [0.15, 0.2) is 41.2 Å². The minimum absolute atomic E-state index is 0.0588. The highest BCUT2D eigenvalue weighted by atomic mass is 35.5. The summed E-state index contributed by atoms with van der Waals surface area (Å²) >= 11 is 7.26. The molecule has 0 N–H and O–H groups in total. The highest BCUT2D eigenvalue weighted by Gasteiger charge is 2.24. The topological polar surface area (TPSA) is 64.0 Å². The van der Waals surface area contributed by atoms with E-state index in [1.165, 1.54) is 11.3 Å². The normalized spacial score (nSPS) is 16.2. The molecule has 1 fully saturated rings. The molecule has 0 radical (unpaired) electrons. The molecule has 0 bridgehead atoms. The zero-order chi connectivity index (χ0) is 21.4. The first-order chi connectivity index (χ1) is 15.1. The number of carbonyl (C=O) groups is 1. The molecule has 0 atom stereocenters. The second-order valence-electron chi connectivity index (χ2n) is 7.69. The minimum atomic E-state index is -0.0588. The molecule has 1 aromatic heterocycles. The standard InChI is InChI=1S/C22H22ClN3O4S/c23-16-4-5-19-17(12-16)26(22(28)31-19)7-6-20(27)25-10-8-24(9-11-25)13-15-2-1-3-18-21(15)30-14-29-18/h1-5,12H,6-11,13-14H2. The van der Waals surface area contributed by atoms with Crippen LogP contribution in [0.4, 0.5) is 0 Å². The van der Waals surface area contributed by atoms with Crippen LogP contribution in [0.3, 0.4) is 0 Å². The number of carbonyl (C=O) groups excluding carboxylic acids is 1. The van der Waals surface area contributed by atoms with E-state index in [4.69, 9.17) is 21.1 Å². The van der Waals surface area contributed by atoms with Crippen molar-refractivity contribution in [3.63, 3.8) is 0 Å². The summed E-state index contributed by atoms with van der Waals surface area (Å²) in [6.07, 6.45) is 0.301. The molecular formula is C22H22ClN3O4S. The van der Waals surface area contributed by atoms with Gasteiger partial charge in [-0.1, -0.05) is 35.1 Å². The molecule has 2 aliphatic heterocycles. The lowest BCUT2D eigenvalue weighted by Crippen LogP contribution is -2.48. The van der Waals surface area contributed by atoms with Gasteiger partial charge < -0.3 is 14.4 Å². The molecule has 3 heterocycles. The van der Waals surface area contributed by atoms with Gasteiger partial charge in [-0.3, -0.25) is 19.1 Å². The Kier molecular flexibility index (Phi) is 5.60. The molecule has 0 saturated carbocycles. The number of ether oxygens (including phenoxy) is 2. The molecule has 9 heteroatoms. The number of piperazine rings is 1. The van der Waals surface area contributed by atoms with Gasteiger partial charge in [0, 0.05) is 56.3 Å². The van der Waals surface area contributed by atoms with Crippen LogP contribution >= 0.6 is 22.9 Å². The van der Waals surface area contributed by atoms with E-state index >= 15 is 0 Å². The average Bonchev–Trinajstić information content (AvgIpc) is 3.37. The number of hydrogen-bond acceptors (Lipinski definition) is 6. The fourth-order valence-electron chi connectivity index (χ4n) is 4.12. The van der Waals surface area contributed by atoms with Crippen molar-refractivity contribution in [2.45, 2.75) is 19.5 Å². The summed E-state index contributed by atoms with van der Waals surface area (Å²) in [6, 6.07) is 11.4. The summed E-state index contributed by atoms with van der Waals surface area (Å²) in [5, 5.41) is 0.586. The molecule has 2 aliphatic rings. The first-order valence-corrected chi connectivity index (χ1v) is 11.4. The van der Waals surface area contributed by atoms with Gasteiger partial charge in [-0.2, -0.15) is 0 Å². The van der Waals surface area contributed by atoms with Crippen LogP contribution in [-0.4, -0.2) is 53.2 Å². The molecule has 2 aromatic carbocycles. The number of hydrogen-bond donors (Lipinski definition) is 0. The summed E-state index contributed by atoms with van der Waals surface area (Å²) < 4.78 is 13.6. The molecule has 3 aromatic rings. The van der Waals surface area contributed by atoms with Crippen molar-refractivity contribution in [3.05, 3.63) is 56.7 Å². The van der Waals surface area contributed by atoms with Crippen molar-refractivity contribution in [2.24, 2.45) is 0 Å². The Bertz CT molecular complexity index is 1180. The molecule has 5 rings (SSSR count). The number of rotatable bonds is 5. The summed E-state index contributed by atoms with van der Waals surface area (Å²) in [4.78, 5) is 29.2. The molecule has 0 spiro atoms. The van der Waals surface area contributed by atoms with Crippen molar-refractivity contribution in [3.8, 4) is 11.5 Å². The lowest BCUT2D eigenvalue weighted by molar-refractivity contribution is -0.133. The molecule has 7 nitrogen and oxygen atoms in total. The number of amides is 1. The van der Waals surface area contributed by atoms with E-state index < -0.39 is 0 Å². The summed E-state index contributed by atoms with van der Waals surface area (Å²) in [6.45, 7) is 4.35. The van der Waals surface area contributed by atoms with Gasteiger partial charge in [-0.05, 0) is 24.3 Å². The number of nitrogens with zero attached hydrogens (tertiary/aromatic N) is 3. The second-order valence-corrected chi connectivity index (χ2v) is 9.12. The average molecular weight is 460 g/mol. The third kappa shape index (κ3) is 4.15. The predicted octanol–water partition coefficient (Wildman–Crippen LogP) is 3.18. The summed E-state index contributed by atoms with van der Waals surface area (Å²) in [5.74, 6) is 1.70. The van der Waals surface area contributed by atoms with Gasteiger partial charge in [0.1, 0.15) is 0 Å². The molecule has 0 unspecified atom stereocenters. The Morgan fingerprint density at radius 2 is 1.94 bits per heavy atom. The van der Waals surface area contributed by atoms with Crippen LogP contribution in [0.1, 0.15) is 12.0 Å². The largest absolute Gasteiger partial charge is 0.454 e. The van der Waals surface area contributed by atoms with Gasteiger partial charge in [0.15, 0.2) is 11.5 Å².